The molecular weight excluding hydrogens is 447 g/mol. The molecule has 1 amide bonds. The van der Waals surface area contributed by atoms with Crippen molar-refractivity contribution in [3.63, 3.8) is 0 Å². The van der Waals surface area contributed by atoms with Gasteiger partial charge in [-0.15, -0.1) is 0 Å². The highest BCUT2D eigenvalue weighted by molar-refractivity contribution is 7.89. The molecule has 0 saturated carbocycles. The van der Waals surface area contributed by atoms with E-state index >= 15 is 0 Å². The molecule has 2 aliphatic heterocycles. The van der Waals surface area contributed by atoms with E-state index in [4.69, 9.17) is 0 Å². The number of hydrogen-bond acceptors (Lipinski definition) is 5. The fourth-order valence-corrected chi connectivity index (χ4v) is 5.75. The zero-order valence-electron chi connectivity index (χ0n) is 18.2. The fourth-order valence-electron chi connectivity index (χ4n) is 4.10. The Hall–Kier alpha value is -1.69. The predicted octanol–water partition coefficient (Wildman–Crippen LogP) is 2.26. The van der Waals surface area contributed by atoms with Crippen LogP contribution in [0.3, 0.4) is 0 Å². The van der Waals surface area contributed by atoms with Gasteiger partial charge in [0, 0.05) is 45.9 Å². The van der Waals surface area contributed by atoms with Gasteiger partial charge in [0.25, 0.3) is 0 Å². The molecule has 2 heterocycles. The number of halogens is 3. The third kappa shape index (κ3) is 6.43. The van der Waals surface area contributed by atoms with Gasteiger partial charge in [0.05, 0.1) is 4.90 Å². The average molecular weight is 478 g/mol. The summed E-state index contributed by atoms with van der Waals surface area (Å²) in [4.78, 5) is 17.1. The number of sulfonamides is 1. The molecule has 0 radical (unpaired) electrons. The van der Waals surface area contributed by atoms with E-state index in [2.05, 4.69) is 9.64 Å². The molecule has 1 atom stereocenters. The number of alkyl halides is 3. The molecule has 3 rings (SSSR count). The summed E-state index contributed by atoms with van der Waals surface area (Å²) in [5.74, 6) is -0.175. The third-order valence-electron chi connectivity index (χ3n) is 5.83. The maximum atomic E-state index is 13.1. The van der Waals surface area contributed by atoms with Crippen molar-refractivity contribution in [3.05, 3.63) is 29.8 Å². The number of piperazine rings is 1. The average Bonchev–Trinajstić information content (AvgIpc) is 3.24. The zero-order valence-corrected chi connectivity index (χ0v) is 19.0. The molecule has 0 N–H and O–H groups in total. The first-order valence-corrected chi connectivity index (χ1v) is 12.3. The Morgan fingerprint density at radius 3 is 2.38 bits per heavy atom. The van der Waals surface area contributed by atoms with Crippen LogP contribution in [0.4, 0.5) is 13.2 Å². The highest BCUT2D eigenvalue weighted by Gasteiger charge is 2.41. The first kappa shape index (κ1) is 24.9. The molecule has 2 fully saturated rings. The highest BCUT2D eigenvalue weighted by atomic mass is 32.2. The first-order valence-electron chi connectivity index (χ1n) is 10.8. The minimum atomic E-state index is -4.31. The number of aryl methyl sites for hydroxylation is 1. The molecular formula is C21H30F3N3O4S. The van der Waals surface area contributed by atoms with E-state index in [1.54, 1.807) is 29.2 Å². The number of nitrogens with zero attached hydrogens (tertiary/aromatic N) is 3. The van der Waals surface area contributed by atoms with Crippen molar-refractivity contribution in [1.82, 2.24) is 14.1 Å². The van der Waals surface area contributed by atoms with Crippen LogP contribution in [0.1, 0.15) is 24.8 Å². The lowest BCUT2D eigenvalue weighted by atomic mass is 10.2. The van der Waals surface area contributed by atoms with E-state index in [-0.39, 0.29) is 17.4 Å². The van der Waals surface area contributed by atoms with Crippen LogP contribution < -0.4 is 0 Å². The van der Waals surface area contributed by atoms with Crippen LogP contribution in [-0.4, -0.2) is 93.1 Å². The number of ether oxygens (including phenoxy) is 1. The maximum absolute atomic E-state index is 13.1. The quantitative estimate of drug-likeness (QED) is 0.538. The van der Waals surface area contributed by atoms with Gasteiger partial charge in [-0.1, -0.05) is 17.7 Å². The molecule has 0 aliphatic carbocycles. The minimum absolute atomic E-state index is 0.0343. The number of carbonyl (C=O) groups excluding carboxylic acids is 1. The van der Waals surface area contributed by atoms with Gasteiger partial charge >= 0.3 is 6.18 Å². The molecule has 7 nitrogen and oxygen atoms in total. The molecule has 11 heteroatoms. The van der Waals surface area contributed by atoms with Gasteiger partial charge in [0.1, 0.15) is 12.6 Å². The number of carbonyl (C=O) groups is 1. The van der Waals surface area contributed by atoms with Crippen LogP contribution in [0.25, 0.3) is 0 Å². The Bertz CT molecular complexity index is 869. The molecule has 0 bridgehead atoms. The Kier molecular flexibility index (Phi) is 8.18. The second-order valence-electron chi connectivity index (χ2n) is 8.28. The second kappa shape index (κ2) is 10.5. The monoisotopic (exact) mass is 477 g/mol. The first-order chi connectivity index (χ1) is 15.1. The van der Waals surface area contributed by atoms with Crippen molar-refractivity contribution in [2.75, 3.05) is 52.5 Å². The zero-order chi connectivity index (χ0) is 23.4. The van der Waals surface area contributed by atoms with Crippen LogP contribution in [0.5, 0.6) is 0 Å². The van der Waals surface area contributed by atoms with Crippen LogP contribution in [0.2, 0.25) is 0 Å². The summed E-state index contributed by atoms with van der Waals surface area (Å²) < 4.78 is 68.4. The molecule has 1 aromatic carbocycles. The molecule has 0 unspecified atom stereocenters. The van der Waals surface area contributed by atoms with Gasteiger partial charge in [-0.25, -0.2) is 8.42 Å². The lowest BCUT2D eigenvalue weighted by Gasteiger charge is -2.37. The van der Waals surface area contributed by atoms with Crippen LogP contribution in [0, 0.1) is 6.92 Å². The third-order valence-corrected chi connectivity index (χ3v) is 7.75. The van der Waals surface area contributed by atoms with Gasteiger partial charge in [0.15, 0.2) is 0 Å². The number of amides is 1. The normalized spacial score (nSPS) is 21.2. The standard InChI is InChI=1S/C21H30F3N3O4S/c1-17-5-7-18(8-6-17)32(29,30)27-10-2-4-19(27)20(28)26-13-11-25(12-14-26)9-3-15-31-16-21(22,23)24/h5-8,19H,2-4,9-16H2,1H3/t19-/m0/s1. The van der Waals surface area contributed by atoms with E-state index in [0.29, 0.717) is 58.5 Å². The van der Waals surface area contributed by atoms with E-state index in [1.807, 2.05) is 6.92 Å². The summed E-state index contributed by atoms with van der Waals surface area (Å²) in [5.41, 5.74) is 0.961. The smallest absolute Gasteiger partial charge is 0.372 e. The van der Waals surface area contributed by atoms with Crippen LogP contribution >= 0.6 is 0 Å². The molecule has 180 valence electrons. The SMILES string of the molecule is Cc1ccc(S(=O)(=O)N2CCC[C@H]2C(=O)N2CCN(CCCOCC(F)(F)F)CC2)cc1. The van der Waals surface area contributed by atoms with Crippen molar-refractivity contribution in [3.8, 4) is 0 Å². The van der Waals surface area contributed by atoms with Gasteiger partial charge in [-0.2, -0.15) is 17.5 Å². The number of benzene rings is 1. The van der Waals surface area contributed by atoms with Crippen molar-refractivity contribution in [2.45, 2.75) is 43.3 Å². The molecule has 1 aromatic rings. The Morgan fingerprint density at radius 1 is 1.09 bits per heavy atom. The lowest BCUT2D eigenvalue weighted by molar-refractivity contribution is -0.174. The lowest BCUT2D eigenvalue weighted by Crippen LogP contribution is -2.54. The van der Waals surface area contributed by atoms with Crippen molar-refractivity contribution in [2.24, 2.45) is 0 Å². The molecule has 32 heavy (non-hydrogen) atoms. The van der Waals surface area contributed by atoms with Crippen LogP contribution in [-0.2, 0) is 19.6 Å². The van der Waals surface area contributed by atoms with Crippen LogP contribution in [0.15, 0.2) is 29.2 Å². The Balaban J connectivity index is 1.49. The van der Waals surface area contributed by atoms with Crippen molar-refractivity contribution < 1.29 is 31.1 Å². The summed E-state index contributed by atoms with van der Waals surface area (Å²) in [7, 11) is -3.75. The van der Waals surface area contributed by atoms with E-state index < -0.39 is 28.8 Å². The van der Waals surface area contributed by atoms with Gasteiger partial charge in [-0.3, -0.25) is 9.69 Å². The maximum Gasteiger partial charge on any atom is 0.411 e. The predicted molar refractivity (Wildman–Crippen MR) is 113 cm³/mol. The molecule has 2 saturated heterocycles. The van der Waals surface area contributed by atoms with Gasteiger partial charge < -0.3 is 9.64 Å². The summed E-state index contributed by atoms with van der Waals surface area (Å²) in [6, 6.07) is 5.94. The van der Waals surface area contributed by atoms with Crippen molar-refractivity contribution in [1.29, 1.82) is 0 Å². The van der Waals surface area contributed by atoms with Gasteiger partial charge in [0.2, 0.25) is 15.9 Å². The summed E-state index contributed by atoms with van der Waals surface area (Å²) >= 11 is 0. The Labute approximate surface area is 187 Å². The van der Waals surface area contributed by atoms with E-state index in [0.717, 1.165) is 5.56 Å². The summed E-state index contributed by atoms with van der Waals surface area (Å²) in [5, 5.41) is 0. The molecule has 0 aromatic heterocycles. The van der Waals surface area contributed by atoms with Gasteiger partial charge in [-0.05, 0) is 38.3 Å². The van der Waals surface area contributed by atoms with Crippen molar-refractivity contribution >= 4 is 15.9 Å². The number of rotatable bonds is 8. The second-order valence-corrected chi connectivity index (χ2v) is 10.2. The van der Waals surface area contributed by atoms with E-state index in [1.165, 1.54) is 4.31 Å². The summed E-state index contributed by atoms with van der Waals surface area (Å²) in [6.07, 6.45) is -2.69. The number of hydrogen-bond donors (Lipinski definition) is 0. The Morgan fingerprint density at radius 2 is 1.75 bits per heavy atom. The minimum Gasteiger partial charge on any atom is -0.372 e. The fraction of sp³-hybridized carbons (Fsp3) is 0.667. The molecule has 0 spiro atoms. The topological polar surface area (TPSA) is 70.2 Å². The largest absolute Gasteiger partial charge is 0.411 e. The highest BCUT2D eigenvalue weighted by Crippen LogP contribution is 2.28. The molecule has 2 aliphatic rings. The summed E-state index contributed by atoms with van der Waals surface area (Å²) in [6.45, 7) is 3.74. The van der Waals surface area contributed by atoms with E-state index in [9.17, 15) is 26.4 Å².